The van der Waals surface area contributed by atoms with E-state index < -0.39 is 5.92 Å². The Kier molecular flexibility index (Phi) is 4.62. The normalized spacial score (nSPS) is 17.2. The van der Waals surface area contributed by atoms with Gasteiger partial charge in [-0.25, -0.2) is 8.78 Å². The summed E-state index contributed by atoms with van der Waals surface area (Å²) in [5, 5.41) is 2.68. The first-order valence-corrected chi connectivity index (χ1v) is 7.91. The Morgan fingerprint density at radius 3 is 2.83 bits per heavy atom. The number of alkyl halides is 2. The summed E-state index contributed by atoms with van der Waals surface area (Å²) >= 11 is 0. The lowest BCUT2D eigenvalue weighted by Crippen LogP contribution is -2.22. The zero-order chi connectivity index (χ0) is 17.2. The van der Waals surface area contributed by atoms with Crippen LogP contribution in [0.4, 0.5) is 14.5 Å². The van der Waals surface area contributed by atoms with E-state index in [-0.39, 0.29) is 24.0 Å². The van der Waals surface area contributed by atoms with E-state index in [0.29, 0.717) is 12.3 Å². The largest absolute Gasteiger partial charge is 0.373 e. The zero-order valence-corrected chi connectivity index (χ0v) is 13.4. The molecule has 3 nitrogen and oxygen atoms in total. The zero-order valence-electron chi connectivity index (χ0n) is 13.4. The van der Waals surface area contributed by atoms with Gasteiger partial charge in [-0.1, -0.05) is 36.4 Å². The van der Waals surface area contributed by atoms with Gasteiger partial charge in [-0.2, -0.15) is 0 Å². The van der Waals surface area contributed by atoms with Crippen molar-refractivity contribution in [1.29, 1.82) is 0 Å². The molecule has 2 aromatic carbocycles. The number of benzene rings is 2. The first-order chi connectivity index (χ1) is 11.4. The Balaban J connectivity index is 1.69. The first-order valence-electron chi connectivity index (χ1n) is 7.91. The molecule has 0 saturated heterocycles. The van der Waals surface area contributed by atoms with E-state index in [2.05, 4.69) is 5.32 Å². The van der Waals surface area contributed by atoms with Gasteiger partial charge in [0, 0.05) is 18.2 Å². The molecule has 1 unspecified atom stereocenters. The predicted octanol–water partition coefficient (Wildman–Crippen LogP) is 4.44. The molecular formula is C19H19F2NO2. The fourth-order valence-corrected chi connectivity index (χ4v) is 2.90. The molecule has 1 heterocycles. The molecule has 2 aromatic rings. The van der Waals surface area contributed by atoms with Crippen molar-refractivity contribution in [2.45, 2.75) is 31.8 Å². The second-order valence-electron chi connectivity index (χ2n) is 6.03. The number of amides is 1. The van der Waals surface area contributed by atoms with Gasteiger partial charge in [0.1, 0.15) is 0 Å². The summed E-state index contributed by atoms with van der Waals surface area (Å²) in [4.78, 5) is 12.3. The van der Waals surface area contributed by atoms with E-state index in [1.54, 1.807) is 6.07 Å². The highest BCUT2D eigenvalue weighted by Crippen LogP contribution is 2.31. The van der Waals surface area contributed by atoms with Crippen LogP contribution >= 0.6 is 0 Å². The molecule has 0 bridgehead atoms. The number of carbonyl (C=O) groups is 1. The average Bonchev–Trinajstić information content (AvgIpc) is 2.54. The van der Waals surface area contributed by atoms with Crippen molar-refractivity contribution in [2.24, 2.45) is 0 Å². The lowest BCUT2D eigenvalue weighted by Gasteiger charge is -2.25. The molecule has 0 radical (unpaired) electrons. The molecule has 24 heavy (non-hydrogen) atoms. The summed E-state index contributed by atoms with van der Waals surface area (Å²) in [6, 6.07) is 13.6. The molecule has 5 heteroatoms. The lowest BCUT2D eigenvalue weighted by molar-refractivity contribution is -0.119. The van der Waals surface area contributed by atoms with Gasteiger partial charge in [0.2, 0.25) is 5.91 Å². The van der Waals surface area contributed by atoms with Crippen LogP contribution in [0.5, 0.6) is 0 Å². The van der Waals surface area contributed by atoms with Crippen LogP contribution in [-0.4, -0.2) is 12.5 Å². The summed E-state index contributed by atoms with van der Waals surface area (Å²) in [6.07, 6.45) is 0.692. The maximum atomic E-state index is 13.4. The Hall–Kier alpha value is -2.27. The van der Waals surface area contributed by atoms with Crippen LogP contribution in [0, 0.1) is 0 Å². The Labute approximate surface area is 139 Å². The standard InChI is InChI=1S/C19H19F2NO2/c1-19(20,21)14-6-4-7-15(11-14)22-18(23)12-17-16-8-3-2-5-13(16)9-10-24-17/h2-8,11,17H,9-10,12H2,1H3,(H,22,23). The van der Waals surface area contributed by atoms with E-state index in [0.717, 1.165) is 18.9 Å². The highest BCUT2D eigenvalue weighted by molar-refractivity contribution is 5.91. The molecule has 0 saturated carbocycles. The van der Waals surface area contributed by atoms with Crippen molar-refractivity contribution in [2.75, 3.05) is 11.9 Å². The summed E-state index contributed by atoms with van der Waals surface area (Å²) < 4.78 is 32.5. The van der Waals surface area contributed by atoms with Crippen LogP contribution in [0.25, 0.3) is 0 Å². The first kappa shape index (κ1) is 16.6. The fourth-order valence-electron chi connectivity index (χ4n) is 2.90. The van der Waals surface area contributed by atoms with Gasteiger partial charge < -0.3 is 10.1 Å². The monoisotopic (exact) mass is 331 g/mol. The number of carbonyl (C=O) groups excluding carboxylic acids is 1. The molecule has 1 aliphatic rings. The minimum absolute atomic E-state index is 0.125. The second kappa shape index (κ2) is 6.69. The molecule has 1 N–H and O–H groups in total. The van der Waals surface area contributed by atoms with Gasteiger partial charge in [0.25, 0.3) is 5.92 Å². The number of halogens is 2. The average molecular weight is 331 g/mol. The number of nitrogens with one attached hydrogen (secondary N) is 1. The predicted molar refractivity (Wildman–Crippen MR) is 88.1 cm³/mol. The number of ether oxygens (including phenoxy) is 1. The molecule has 1 atom stereocenters. The number of rotatable bonds is 4. The molecule has 0 fully saturated rings. The molecule has 3 rings (SSSR count). The van der Waals surface area contributed by atoms with Crippen LogP contribution < -0.4 is 5.32 Å². The van der Waals surface area contributed by atoms with Crippen molar-refractivity contribution >= 4 is 11.6 Å². The summed E-state index contributed by atoms with van der Waals surface area (Å²) in [7, 11) is 0. The van der Waals surface area contributed by atoms with E-state index in [9.17, 15) is 13.6 Å². The van der Waals surface area contributed by atoms with Gasteiger partial charge in [0.15, 0.2) is 0 Å². The van der Waals surface area contributed by atoms with E-state index in [1.807, 2.05) is 24.3 Å². The van der Waals surface area contributed by atoms with Crippen LogP contribution in [0.3, 0.4) is 0 Å². The van der Waals surface area contributed by atoms with E-state index in [4.69, 9.17) is 4.74 Å². The Morgan fingerprint density at radius 2 is 2.04 bits per heavy atom. The third-order valence-corrected chi connectivity index (χ3v) is 4.12. The SMILES string of the molecule is CC(F)(F)c1cccc(NC(=O)CC2OCCc3ccccc32)c1. The Morgan fingerprint density at radius 1 is 1.25 bits per heavy atom. The minimum Gasteiger partial charge on any atom is -0.373 e. The van der Waals surface area contributed by atoms with Gasteiger partial charge in [0.05, 0.1) is 19.1 Å². The summed E-state index contributed by atoms with van der Waals surface area (Å²) in [6.45, 7) is 1.41. The van der Waals surface area contributed by atoms with Crippen LogP contribution in [0.2, 0.25) is 0 Å². The van der Waals surface area contributed by atoms with E-state index in [1.165, 1.54) is 23.8 Å². The van der Waals surface area contributed by atoms with Crippen LogP contribution in [0.15, 0.2) is 48.5 Å². The van der Waals surface area contributed by atoms with Crippen LogP contribution in [-0.2, 0) is 21.9 Å². The van der Waals surface area contributed by atoms with Gasteiger partial charge in [-0.05, 0) is 29.7 Å². The molecule has 0 aromatic heterocycles. The number of hydrogen-bond donors (Lipinski definition) is 1. The second-order valence-corrected chi connectivity index (χ2v) is 6.03. The maximum Gasteiger partial charge on any atom is 0.270 e. The molecule has 0 aliphatic carbocycles. The van der Waals surface area contributed by atoms with Crippen molar-refractivity contribution < 1.29 is 18.3 Å². The third kappa shape index (κ3) is 3.79. The molecule has 1 amide bonds. The molecular weight excluding hydrogens is 312 g/mol. The van der Waals surface area contributed by atoms with Gasteiger partial charge in [-0.3, -0.25) is 4.79 Å². The van der Waals surface area contributed by atoms with Crippen molar-refractivity contribution in [3.63, 3.8) is 0 Å². The van der Waals surface area contributed by atoms with Gasteiger partial charge in [-0.15, -0.1) is 0 Å². The summed E-state index contributed by atoms with van der Waals surface area (Å²) in [5.74, 6) is -3.19. The van der Waals surface area contributed by atoms with Crippen LogP contribution in [0.1, 0.15) is 36.1 Å². The third-order valence-electron chi connectivity index (χ3n) is 4.12. The number of hydrogen-bond acceptors (Lipinski definition) is 2. The molecule has 0 spiro atoms. The number of anilines is 1. The number of fused-ring (bicyclic) bond motifs is 1. The van der Waals surface area contributed by atoms with Crippen molar-refractivity contribution in [3.8, 4) is 0 Å². The smallest absolute Gasteiger partial charge is 0.270 e. The highest BCUT2D eigenvalue weighted by Gasteiger charge is 2.25. The molecule has 126 valence electrons. The fraction of sp³-hybridized carbons (Fsp3) is 0.316. The van der Waals surface area contributed by atoms with Crippen molar-refractivity contribution in [3.05, 3.63) is 65.2 Å². The quantitative estimate of drug-likeness (QED) is 0.899. The van der Waals surface area contributed by atoms with Crippen molar-refractivity contribution in [1.82, 2.24) is 0 Å². The topological polar surface area (TPSA) is 38.3 Å². The lowest BCUT2D eigenvalue weighted by atomic mass is 9.95. The van der Waals surface area contributed by atoms with E-state index >= 15 is 0 Å². The Bertz CT molecular complexity index is 740. The molecule has 1 aliphatic heterocycles. The van der Waals surface area contributed by atoms with Gasteiger partial charge >= 0.3 is 0 Å². The highest BCUT2D eigenvalue weighted by atomic mass is 19.3. The summed E-state index contributed by atoms with van der Waals surface area (Å²) in [5.41, 5.74) is 2.45. The minimum atomic E-state index is -2.94. The maximum absolute atomic E-state index is 13.4.